The first kappa shape index (κ1) is 14.7. The first-order valence-corrected chi connectivity index (χ1v) is 5.86. The molecule has 1 aliphatic heterocycles. The number of nitrogens with zero attached hydrogens (tertiary/aromatic N) is 1. The van der Waals surface area contributed by atoms with E-state index >= 15 is 0 Å². The molecule has 0 aromatic carbocycles. The van der Waals surface area contributed by atoms with Crippen LogP contribution in [0.15, 0.2) is 0 Å². The molecule has 0 bridgehead atoms. The molecule has 1 fully saturated rings. The molecule has 2 amide bonds. The normalized spacial score (nSPS) is 25.6. The predicted octanol–water partition coefficient (Wildman–Crippen LogP) is -0.0952. The lowest BCUT2D eigenvalue weighted by Crippen LogP contribution is -2.57. The van der Waals surface area contributed by atoms with Gasteiger partial charge >= 0.3 is 12.0 Å². The summed E-state index contributed by atoms with van der Waals surface area (Å²) in [6.07, 6.45) is -0.0438. The van der Waals surface area contributed by atoms with Gasteiger partial charge in [0.15, 0.2) is 6.04 Å². The standard InChI is InChI=1S/C11H20N2O5/c1-7-5-18-8(2)4-13(7)11(16)12-9(6-17-3)10(14)15/h7-9H,4-6H2,1-3H3,(H,12,16)(H,14,15). The summed E-state index contributed by atoms with van der Waals surface area (Å²) in [6, 6.07) is -1.51. The third kappa shape index (κ3) is 3.85. The number of urea groups is 1. The van der Waals surface area contributed by atoms with Crippen LogP contribution in [0.5, 0.6) is 0 Å². The maximum absolute atomic E-state index is 12.0. The number of morpholine rings is 1. The van der Waals surface area contributed by atoms with Gasteiger partial charge in [0, 0.05) is 13.7 Å². The minimum Gasteiger partial charge on any atom is -0.480 e. The van der Waals surface area contributed by atoms with E-state index in [1.807, 2.05) is 13.8 Å². The lowest BCUT2D eigenvalue weighted by molar-refractivity contribution is -0.140. The first-order valence-electron chi connectivity index (χ1n) is 5.86. The highest BCUT2D eigenvalue weighted by molar-refractivity contribution is 5.82. The second kappa shape index (κ2) is 6.55. The van der Waals surface area contributed by atoms with Crippen molar-refractivity contribution >= 4 is 12.0 Å². The van der Waals surface area contributed by atoms with Gasteiger partial charge in [-0.2, -0.15) is 0 Å². The molecule has 0 aromatic heterocycles. The molecule has 1 heterocycles. The summed E-state index contributed by atoms with van der Waals surface area (Å²) >= 11 is 0. The molecule has 0 saturated carbocycles. The number of nitrogens with one attached hydrogen (secondary N) is 1. The molecular weight excluding hydrogens is 240 g/mol. The number of rotatable bonds is 4. The van der Waals surface area contributed by atoms with Gasteiger partial charge in [-0.25, -0.2) is 9.59 Å². The van der Waals surface area contributed by atoms with Crippen molar-refractivity contribution < 1.29 is 24.2 Å². The van der Waals surface area contributed by atoms with Crippen LogP contribution in [-0.4, -0.2) is 67.1 Å². The number of carbonyl (C=O) groups is 2. The molecule has 1 saturated heterocycles. The van der Waals surface area contributed by atoms with Gasteiger partial charge in [0.25, 0.3) is 0 Å². The van der Waals surface area contributed by atoms with Crippen LogP contribution in [0.1, 0.15) is 13.8 Å². The fourth-order valence-electron chi connectivity index (χ4n) is 1.76. The Morgan fingerprint density at radius 2 is 2.22 bits per heavy atom. The smallest absolute Gasteiger partial charge is 0.328 e. The van der Waals surface area contributed by atoms with Gasteiger partial charge in [0.1, 0.15) is 0 Å². The molecule has 104 valence electrons. The van der Waals surface area contributed by atoms with Crippen LogP contribution in [-0.2, 0) is 14.3 Å². The van der Waals surface area contributed by atoms with E-state index in [-0.39, 0.29) is 18.8 Å². The van der Waals surface area contributed by atoms with Crippen molar-refractivity contribution in [1.82, 2.24) is 10.2 Å². The Hall–Kier alpha value is -1.34. The highest BCUT2D eigenvalue weighted by Gasteiger charge is 2.30. The van der Waals surface area contributed by atoms with Crippen LogP contribution in [0.2, 0.25) is 0 Å². The van der Waals surface area contributed by atoms with E-state index in [4.69, 9.17) is 14.6 Å². The van der Waals surface area contributed by atoms with Crippen LogP contribution in [0.4, 0.5) is 4.79 Å². The summed E-state index contributed by atoms with van der Waals surface area (Å²) in [6.45, 7) is 4.58. The predicted molar refractivity (Wildman–Crippen MR) is 63.4 cm³/mol. The number of hydrogen-bond acceptors (Lipinski definition) is 4. The fraction of sp³-hybridized carbons (Fsp3) is 0.818. The summed E-state index contributed by atoms with van der Waals surface area (Å²) in [5.74, 6) is -1.11. The van der Waals surface area contributed by atoms with Crippen LogP contribution in [0.3, 0.4) is 0 Å². The van der Waals surface area contributed by atoms with Crippen molar-refractivity contribution in [1.29, 1.82) is 0 Å². The SMILES string of the molecule is COCC(NC(=O)N1CC(C)OCC1C)C(=O)O. The fourth-order valence-corrected chi connectivity index (χ4v) is 1.76. The molecule has 0 spiro atoms. The molecule has 2 N–H and O–H groups in total. The Bertz CT molecular complexity index is 310. The highest BCUT2D eigenvalue weighted by Crippen LogP contribution is 2.11. The number of hydrogen-bond donors (Lipinski definition) is 2. The third-order valence-corrected chi connectivity index (χ3v) is 2.80. The number of carbonyl (C=O) groups excluding carboxylic acids is 1. The quantitative estimate of drug-likeness (QED) is 0.737. The molecule has 7 nitrogen and oxygen atoms in total. The molecule has 0 aromatic rings. The molecule has 1 aliphatic rings. The topological polar surface area (TPSA) is 88.1 Å². The van der Waals surface area contributed by atoms with Crippen molar-refractivity contribution in [2.75, 3.05) is 26.9 Å². The molecule has 3 atom stereocenters. The lowest BCUT2D eigenvalue weighted by Gasteiger charge is -2.37. The van der Waals surface area contributed by atoms with E-state index in [0.29, 0.717) is 13.2 Å². The average molecular weight is 260 g/mol. The van der Waals surface area contributed by atoms with E-state index in [1.54, 1.807) is 4.90 Å². The Kier molecular flexibility index (Phi) is 5.36. The first-order chi connectivity index (χ1) is 8.45. The van der Waals surface area contributed by atoms with Gasteiger partial charge in [-0.3, -0.25) is 0 Å². The minimum absolute atomic E-state index is 0.0438. The molecule has 3 unspecified atom stereocenters. The van der Waals surface area contributed by atoms with Crippen molar-refractivity contribution in [3.63, 3.8) is 0 Å². The summed E-state index contributed by atoms with van der Waals surface area (Å²) in [7, 11) is 1.39. The van der Waals surface area contributed by atoms with Crippen molar-refractivity contribution in [2.24, 2.45) is 0 Å². The highest BCUT2D eigenvalue weighted by atomic mass is 16.5. The number of carboxylic acids is 1. The second-order valence-electron chi connectivity index (χ2n) is 4.44. The van der Waals surface area contributed by atoms with Gasteiger partial charge in [-0.05, 0) is 13.8 Å². The Morgan fingerprint density at radius 3 is 2.78 bits per heavy atom. The van der Waals surface area contributed by atoms with E-state index in [2.05, 4.69) is 5.32 Å². The Morgan fingerprint density at radius 1 is 1.56 bits per heavy atom. The zero-order chi connectivity index (χ0) is 13.7. The maximum atomic E-state index is 12.0. The van der Waals surface area contributed by atoms with E-state index in [0.717, 1.165) is 0 Å². The van der Waals surface area contributed by atoms with Gasteiger partial charge < -0.3 is 24.8 Å². The zero-order valence-corrected chi connectivity index (χ0v) is 10.9. The molecule has 1 rings (SSSR count). The maximum Gasteiger partial charge on any atom is 0.328 e. The zero-order valence-electron chi connectivity index (χ0n) is 10.9. The lowest BCUT2D eigenvalue weighted by atomic mass is 10.2. The minimum atomic E-state index is -1.11. The van der Waals surface area contributed by atoms with Gasteiger partial charge in [-0.1, -0.05) is 0 Å². The van der Waals surface area contributed by atoms with Crippen LogP contribution in [0.25, 0.3) is 0 Å². The van der Waals surface area contributed by atoms with E-state index in [9.17, 15) is 9.59 Å². The Labute approximate surface area is 106 Å². The molecular formula is C11H20N2O5. The van der Waals surface area contributed by atoms with E-state index < -0.39 is 18.0 Å². The molecule has 7 heteroatoms. The van der Waals surface area contributed by atoms with Crippen LogP contribution < -0.4 is 5.32 Å². The Balaban J connectivity index is 2.59. The number of ether oxygens (including phenoxy) is 2. The number of aliphatic carboxylic acids is 1. The van der Waals surface area contributed by atoms with Crippen molar-refractivity contribution in [3.8, 4) is 0 Å². The number of carboxylic acid groups (broad SMARTS) is 1. The molecule has 0 aliphatic carbocycles. The van der Waals surface area contributed by atoms with Crippen molar-refractivity contribution in [2.45, 2.75) is 32.0 Å². The monoisotopic (exact) mass is 260 g/mol. The summed E-state index contributed by atoms with van der Waals surface area (Å²) < 4.78 is 10.2. The third-order valence-electron chi connectivity index (χ3n) is 2.80. The largest absolute Gasteiger partial charge is 0.480 e. The van der Waals surface area contributed by atoms with Gasteiger partial charge in [0.05, 0.1) is 25.4 Å². The summed E-state index contributed by atoms with van der Waals surface area (Å²) in [5, 5.41) is 11.4. The van der Waals surface area contributed by atoms with Crippen LogP contribution >= 0.6 is 0 Å². The summed E-state index contributed by atoms with van der Waals surface area (Å²) in [5.41, 5.74) is 0. The molecule has 18 heavy (non-hydrogen) atoms. The number of amides is 2. The van der Waals surface area contributed by atoms with Gasteiger partial charge in [-0.15, -0.1) is 0 Å². The second-order valence-corrected chi connectivity index (χ2v) is 4.44. The van der Waals surface area contributed by atoms with Crippen molar-refractivity contribution in [3.05, 3.63) is 0 Å². The number of methoxy groups -OCH3 is 1. The average Bonchev–Trinajstić information content (AvgIpc) is 2.31. The summed E-state index contributed by atoms with van der Waals surface area (Å²) in [4.78, 5) is 24.5. The molecule has 0 radical (unpaired) electrons. The van der Waals surface area contributed by atoms with Gasteiger partial charge in [0.2, 0.25) is 0 Å². The van der Waals surface area contributed by atoms with E-state index in [1.165, 1.54) is 7.11 Å². The van der Waals surface area contributed by atoms with Crippen LogP contribution in [0, 0.1) is 0 Å².